The third kappa shape index (κ3) is 0.748. The fraction of sp³-hybridized carbons (Fsp3) is 0.818. The van der Waals surface area contributed by atoms with Crippen LogP contribution in [0.5, 0.6) is 0 Å². The summed E-state index contributed by atoms with van der Waals surface area (Å²) in [6.07, 6.45) is 1.14. The largest absolute Gasteiger partial charge is 0.462 e. The van der Waals surface area contributed by atoms with Crippen molar-refractivity contribution in [1.82, 2.24) is 0 Å². The molecule has 6 atom stereocenters. The third-order valence-electron chi connectivity index (χ3n) is 4.46. The van der Waals surface area contributed by atoms with Gasteiger partial charge in [-0.25, -0.2) is 0 Å². The quantitative estimate of drug-likeness (QED) is 0.585. The second-order valence-corrected chi connectivity index (χ2v) is 4.99. The van der Waals surface area contributed by atoms with Gasteiger partial charge in [-0.15, -0.1) is 0 Å². The molecule has 0 spiro atoms. The van der Waals surface area contributed by atoms with E-state index in [1.165, 1.54) is 0 Å². The molecule has 2 bridgehead atoms. The van der Waals surface area contributed by atoms with Crippen molar-refractivity contribution in [2.24, 2.45) is 29.6 Å². The predicted octanol–water partition coefficient (Wildman–Crippen LogP) is 1.02. The van der Waals surface area contributed by atoms with Crippen molar-refractivity contribution in [3.8, 4) is 0 Å². The van der Waals surface area contributed by atoms with Crippen molar-refractivity contribution in [2.75, 3.05) is 0 Å². The maximum atomic E-state index is 11.6. The number of fused-ring (bicyclic) bond motifs is 1. The number of hydrogen-bond acceptors (Lipinski definition) is 3. The summed E-state index contributed by atoms with van der Waals surface area (Å²) in [6.45, 7) is 3.72. The SMILES string of the molecule is CC(=O)C1C2C(=O)OC3C2CC1[C@@H]3C. The first-order valence-corrected chi connectivity index (χ1v) is 5.32. The van der Waals surface area contributed by atoms with Gasteiger partial charge >= 0.3 is 5.97 Å². The van der Waals surface area contributed by atoms with Crippen LogP contribution >= 0.6 is 0 Å². The summed E-state index contributed by atoms with van der Waals surface area (Å²) in [5.41, 5.74) is 0. The summed E-state index contributed by atoms with van der Waals surface area (Å²) in [4.78, 5) is 23.1. The molecule has 76 valence electrons. The molecule has 3 rings (SSSR count). The Morgan fingerprint density at radius 3 is 2.79 bits per heavy atom. The lowest BCUT2D eigenvalue weighted by molar-refractivity contribution is -0.145. The number of Topliss-reactive ketones (excluding diaryl/α,β-unsaturated/α-hetero) is 1. The van der Waals surface area contributed by atoms with Crippen LogP contribution in [0.25, 0.3) is 0 Å². The van der Waals surface area contributed by atoms with Gasteiger partial charge in [0.05, 0.1) is 5.92 Å². The smallest absolute Gasteiger partial charge is 0.310 e. The molecule has 3 fully saturated rings. The summed E-state index contributed by atoms with van der Waals surface area (Å²) in [5.74, 6) is 1.05. The Morgan fingerprint density at radius 2 is 2.14 bits per heavy atom. The maximum absolute atomic E-state index is 11.6. The molecule has 1 aliphatic heterocycles. The van der Waals surface area contributed by atoms with Gasteiger partial charge in [0.1, 0.15) is 11.9 Å². The summed E-state index contributed by atoms with van der Waals surface area (Å²) >= 11 is 0. The number of rotatable bonds is 1. The van der Waals surface area contributed by atoms with Crippen molar-refractivity contribution in [3.63, 3.8) is 0 Å². The molecule has 0 N–H and O–H groups in total. The predicted molar refractivity (Wildman–Crippen MR) is 48.3 cm³/mol. The molecule has 2 aliphatic carbocycles. The molecule has 2 saturated carbocycles. The van der Waals surface area contributed by atoms with Crippen molar-refractivity contribution < 1.29 is 14.3 Å². The van der Waals surface area contributed by atoms with E-state index in [0.717, 1.165) is 6.42 Å². The summed E-state index contributed by atoms with van der Waals surface area (Å²) in [6, 6.07) is 0. The second kappa shape index (κ2) is 2.38. The standard InChI is InChI=1S/C11H14O3/c1-4-6-3-7-9(8(6)5(2)12)11(13)14-10(4)7/h4,6-10H,3H2,1-2H3/t4-,6?,7?,8?,9?,10?/m0/s1. The fourth-order valence-electron chi connectivity index (χ4n) is 3.94. The minimum absolute atomic E-state index is 0.0405. The van der Waals surface area contributed by atoms with E-state index >= 15 is 0 Å². The fourth-order valence-corrected chi connectivity index (χ4v) is 3.94. The Morgan fingerprint density at radius 1 is 1.43 bits per heavy atom. The highest BCUT2D eigenvalue weighted by atomic mass is 16.6. The van der Waals surface area contributed by atoms with Crippen LogP contribution in [-0.4, -0.2) is 17.9 Å². The zero-order valence-electron chi connectivity index (χ0n) is 8.40. The van der Waals surface area contributed by atoms with Crippen LogP contribution in [0, 0.1) is 29.6 Å². The first kappa shape index (κ1) is 8.45. The molecule has 3 nitrogen and oxygen atoms in total. The normalized spacial score (nSPS) is 53.7. The van der Waals surface area contributed by atoms with Crippen LogP contribution in [0.4, 0.5) is 0 Å². The topological polar surface area (TPSA) is 43.4 Å². The van der Waals surface area contributed by atoms with Crippen LogP contribution in [-0.2, 0) is 14.3 Å². The Kier molecular flexibility index (Phi) is 1.44. The van der Waals surface area contributed by atoms with Crippen LogP contribution in [0.15, 0.2) is 0 Å². The Balaban J connectivity index is 2.04. The molecule has 0 aromatic heterocycles. The van der Waals surface area contributed by atoms with E-state index in [0.29, 0.717) is 17.8 Å². The molecule has 0 aromatic carbocycles. The third-order valence-corrected chi connectivity index (χ3v) is 4.46. The van der Waals surface area contributed by atoms with E-state index in [4.69, 9.17) is 4.74 Å². The summed E-state index contributed by atoms with van der Waals surface area (Å²) in [7, 11) is 0. The first-order chi connectivity index (χ1) is 6.61. The van der Waals surface area contributed by atoms with Gasteiger partial charge in [-0.2, -0.15) is 0 Å². The van der Waals surface area contributed by atoms with E-state index in [9.17, 15) is 9.59 Å². The maximum Gasteiger partial charge on any atom is 0.310 e. The number of carbonyl (C=O) groups excluding carboxylic acids is 2. The van der Waals surface area contributed by atoms with Gasteiger partial charge in [-0.05, 0) is 25.2 Å². The van der Waals surface area contributed by atoms with Crippen LogP contribution in [0.2, 0.25) is 0 Å². The number of ether oxygens (including phenoxy) is 1. The number of hydrogen-bond donors (Lipinski definition) is 0. The summed E-state index contributed by atoms with van der Waals surface area (Å²) in [5, 5.41) is 0. The van der Waals surface area contributed by atoms with E-state index in [1.807, 2.05) is 0 Å². The van der Waals surface area contributed by atoms with Gasteiger partial charge < -0.3 is 4.74 Å². The van der Waals surface area contributed by atoms with E-state index in [2.05, 4.69) is 6.92 Å². The monoisotopic (exact) mass is 194 g/mol. The molecule has 0 aromatic rings. The highest BCUT2D eigenvalue weighted by molar-refractivity contribution is 5.88. The second-order valence-electron chi connectivity index (χ2n) is 4.99. The van der Waals surface area contributed by atoms with Gasteiger partial charge in [0.2, 0.25) is 0 Å². The lowest BCUT2D eigenvalue weighted by atomic mass is 9.73. The molecule has 3 aliphatic rings. The van der Waals surface area contributed by atoms with Gasteiger partial charge in [0, 0.05) is 11.8 Å². The van der Waals surface area contributed by atoms with Gasteiger partial charge in [-0.1, -0.05) is 6.92 Å². The Labute approximate surface area is 82.8 Å². The van der Waals surface area contributed by atoms with Crippen LogP contribution in [0.3, 0.4) is 0 Å². The highest BCUT2D eigenvalue weighted by Gasteiger charge is 2.66. The molecule has 1 heterocycles. The first-order valence-electron chi connectivity index (χ1n) is 5.32. The number of ketones is 1. The molecular formula is C11H14O3. The van der Waals surface area contributed by atoms with Gasteiger partial charge in [0.25, 0.3) is 0 Å². The minimum atomic E-state index is -0.118. The van der Waals surface area contributed by atoms with Crippen molar-refractivity contribution in [3.05, 3.63) is 0 Å². The van der Waals surface area contributed by atoms with Gasteiger partial charge in [-0.3, -0.25) is 9.59 Å². The van der Waals surface area contributed by atoms with Crippen molar-refractivity contribution in [2.45, 2.75) is 26.4 Å². The van der Waals surface area contributed by atoms with Crippen molar-refractivity contribution >= 4 is 11.8 Å². The highest BCUT2D eigenvalue weighted by Crippen LogP contribution is 2.60. The van der Waals surface area contributed by atoms with Gasteiger partial charge in [0.15, 0.2) is 0 Å². The number of esters is 1. The van der Waals surface area contributed by atoms with E-state index in [-0.39, 0.29) is 29.7 Å². The molecular weight excluding hydrogens is 180 g/mol. The lowest BCUT2D eigenvalue weighted by Crippen LogP contribution is -2.35. The van der Waals surface area contributed by atoms with Crippen molar-refractivity contribution in [1.29, 1.82) is 0 Å². The molecule has 1 saturated heterocycles. The molecule has 14 heavy (non-hydrogen) atoms. The summed E-state index contributed by atoms with van der Waals surface area (Å²) < 4.78 is 5.34. The van der Waals surface area contributed by atoms with E-state index in [1.54, 1.807) is 6.92 Å². The molecule has 5 unspecified atom stereocenters. The van der Waals surface area contributed by atoms with E-state index < -0.39 is 0 Å². The van der Waals surface area contributed by atoms with Crippen LogP contribution in [0.1, 0.15) is 20.3 Å². The molecule has 3 heteroatoms. The minimum Gasteiger partial charge on any atom is -0.462 e. The average molecular weight is 194 g/mol. The zero-order valence-corrected chi connectivity index (χ0v) is 8.40. The van der Waals surface area contributed by atoms with Crippen LogP contribution < -0.4 is 0 Å². The molecule has 0 amide bonds. The lowest BCUT2D eigenvalue weighted by Gasteiger charge is -2.27. The average Bonchev–Trinajstić information content (AvgIpc) is 2.67. The Hall–Kier alpha value is -0.860. The molecule has 0 radical (unpaired) electrons. The Bertz CT molecular complexity index is 322. The number of carbonyl (C=O) groups is 2. The zero-order chi connectivity index (χ0) is 10.0.